The van der Waals surface area contributed by atoms with Gasteiger partial charge in [-0.1, -0.05) is 0 Å². The Hall–Kier alpha value is -2.44. The Kier molecular flexibility index (Phi) is 5.89. The lowest BCUT2D eigenvalue weighted by Gasteiger charge is -2.20. The van der Waals surface area contributed by atoms with Gasteiger partial charge in [0.15, 0.2) is 0 Å². The molecule has 1 heterocycles. The zero-order chi connectivity index (χ0) is 17.6. The van der Waals surface area contributed by atoms with E-state index in [-0.39, 0.29) is 12.6 Å². The van der Waals surface area contributed by atoms with Crippen molar-refractivity contribution in [2.75, 3.05) is 33.4 Å². The first-order valence-electron chi connectivity index (χ1n) is 7.98. The van der Waals surface area contributed by atoms with Gasteiger partial charge in [-0.2, -0.15) is 0 Å². The van der Waals surface area contributed by atoms with E-state index in [1.807, 2.05) is 24.3 Å². The molecule has 0 spiro atoms. The van der Waals surface area contributed by atoms with Crippen molar-refractivity contribution in [3.63, 3.8) is 0 Å². The molecule has 2 amide bonds. The summed E-state index contributed by atoms with van der Waals surface area (Å²) in [7, 11) is 1.61. The van der Waals surface area contributed by atoms with Crippen molar-refractivity contribution in [3.8, 4) is 11.5 Å². The minimum absolute atomic E-state index is 0.218. The minimum Gasteiger partial charge on any atom is -0.497 e. The van der Waals surface area contributed by atoms with E-state index in [1.54, 1.807) is 18.9 Å². The van der Waals surface area contributed by atoms with E-state index < -0.39 is 11.4 Å². The van der Waals surface area contributed by atoms with Crippen molar-refractivity contribution in [2.45, 2.75) is 19.8 Å². The number of nitrogens with one attached hydrogen (secondary N) is 1. The van der Waals surface area contributed by atoms with Crippen LogP contribution in [0.4, 0.5) is 4.79 Å². The molecular weight excluding hydrogens is 312 g/mol. The third-order valence-electron chi connectivity index (χ3n) is 4.20. The highest BCUT2D eigenvalue weighted by Crippen LogP contribution is 2.29. The number of carbonyl (C=O) groups is 2. The second-order valence-corrected chi connectivity index (χ2v) is 6.15. The number of likely N-dealkylation sites (tertiary alicyclic amines) is 1. The zero-order valence-electron chi connectivity index (χ0n) is 14.1. The Morgan fingerprint density at radius 3 is 2.54 bits per heavy atom. The van der Waals surface area contributed by atoms with Crippen LogP contribution >= 0.6 is 0 Å². The predicted molar refractivity (Wildman–Crippen MR) is 88.4 cm³/mol. The quantitative estimate of drug-likeness (QED) is 0.743. The molecule has 1 fully saturated rings. The monoisotopic (exact) mass is 336 g/mol. The van der Waals surface area contributed by atoms with Crippen LogP contribution in [-0.2, 0) is 4.79 Å². The van der Waals surface area contributed by atoms with Crippen LogP contribution in [0.5, 0.6) is 11.5 Å². The number of carboxylic acids is 1. The Balaban J connectivity index is 1.63. The number of ether oxygens (including phenoxy) is 2. The van der Waals surface area contributed by atoms with Crippen LogP contribution in [-0.4, -0.2) is 55.4 Å². The van der Waals surface area contributed by atoms with Crippen LogP contribution in [0.3, 0.4) is 0 Å². The highest BCUT2D eigenvalue weighted by Gasteiger charge is 2.42. The molecule has 7 nitrogen and oxygen atoms in total. The van der Waals surface area contributed by atoms with E-state index >= 15 is 0 Å². The van der Waals surface area contributed by atoms with Gasteiger partial charge < -0.3 is 24.8 Å². The van der Waals surface area contributed by atoms with Crippen LogP contribution < -0.4 is 14.8 Å². The first kappa shape index (κ1) is 17.9. The van der Waals surface area contributed by atoms with Crippen molar-refractivity contribution >= 4 is 12.0 Å². The van der Waals surface area contributed by atoms with E-state index in [2.05, 4.69) is 5.32 Å². The molecule has 1 aliphatic rings. The summed E-state index contributed by atoms with van der Waals surface area (Å²) in [6, 6.07) is 7.08. The van der Waals surface area contributed by atoms with Gasteiger partial charge in [0, 0.05) is 19.6 Å². The average Bonchev–Trinajstić information content (AvgIpc) is 2.99. The molecule has 0 aliphatic carbocycles. The fourth-order valence-corrected chi connectivity index (χ4v) is 2.55. The normalized spacial score (nSPS) is 19.8. The molecule has 1 aliphatic heterocycles. The second-order valence-electron chi connectivity index (χ2n) is 6.15. The van der Waals surface area contributed by atoms with Gasteiger partial charge in [0.2, 0.25) is 0 Å². The average molecular weight is 336 g/mol. The smallest absolute Gasteiger partial charge is 0.317 e. The van der Waals surface area contributed by atoms with E-state index in [0.29, 0.717) is 32.5 Å². The Morgan fingerprint density at radius 2 is 1.96 bits per heavy atom. The molecule has 1 atom stereocenters. The molecule has 0 aromatic heterocycles. The Labute approximate surface area is 141 Å². The Morgan fingerprint density at radius 1 is 1.29 bits per heavy atom. The molecule has 0 bridgehead atoms. The van der Waals surface area contributed by atoms with Crippen LogP contribution in [0, 0.1) is 5.41 Å². The number of benzene rings is 1. The molecule has 1 saturated heterocycles. The highest BCUT2D eigenvalue weighted by molar-refractivity contribution is 5.79. The van der Waals surface area contributed by atoms with E-state index in [1.165, 1.54) is 0 Å². The molecule has 1 aromatic rings. The molecule has 1 aromatic carbocycles. The van der Waals surface area contributed by atoms with Gasteiger partial charge in [-0.3, -0.25) is 4.79 Å². The predicted octanol–water partition coefficient (Wildman–Crippen LogP) is 1.97. The molecule has 1 unspecified atom stereocenters. The van der Waals surface area contributed by atoms with Crippen molar-refractivity contribution in [1.82, 2.24) is 10.2 Å². The fourth-order valence-electron chi connectivity index (χ4n) is 2.55. The molecular formula is C17H24N2O5. The minimum atomic E-state index is -0.856. The number of carboxylic acid groups (broad SMARTS) is 1. The lowest BCUT2D eigenvalue weighted by Crippen LogP contribution is -2.41. The number of hydrogen-bond donors (Lipinski definition) is 2. The first-order chi connectivity index (χ1) is 11.4. The number of rotatable bonds is 7. The van der Waals surface area contributed by atoms with Crippen LogP contribution in [0.15, 0.2) is 24.3 Å². The third-order valence-corrected chi connectivity index (χ3v) is 4.20. The molecule has 7 heteroatoms. The number of carbonyl (C=O) groups excluding carboxylic acids is 1. The van der Waals surface area contributed by atoms with Crippen LogP contribution in [0.2, 0.25) is 0 Å². The van der Waals surface area contributed by atoms with E-state index in [4.69, 9.17) is 9.47 Å². The number of hydrogen-bond acceptors (Lipinski definition) is 4. The summed E-state index contributed by atoms with van der Waals surface area (Å²) in [6.45, 7) is 3.35. The van der Waals surface area contributed by atoms with Gasteiger partial charge in [0.05, 0.1) is 19.1 Å². The van der Waals surface area contributed by atoms with E-state index in [0.717, 1.165) is 11.5 Å². The lowest BCUT2D eigenvalue weighted by atomic mass is 9.90. The number of aliphatic carboxylic acids is 1. The summed E-state index contributed by atoms with van der Waals surface area (Å²) in [6.07, 6.45) is 1.15. The van der Waals surface area contributed by atoms with Gasteiger partial charge in [0.1, 0.15) is 11.5 Å². The van der Waals surface area contributed by atoms with Crippen molar-refractivity contribution in [3.05, 3.63) is 24.3 Å². The molecule has 132 valence electrons. The van der Waals surface area contributed by atoms with Crippen molar-refractivity contribution in [2.24, 2.45) is 5.41 Å². The summed E-state index contributed by atoms with van der Waals surface area (Å²) >= 11 is 0. The SMILES string of the molecule is COc1ccc(OCCCNC(=O)N2CCC(C)(C(=O)O)C2)cc1. The maximum Gasteiger partial charge on any atom is 0.317 e. The number of urea groups is 1. The summed E-state index contributed by atoms with van der Waals surface area (Å²) in [5.41, 5.74) is -0.838. The molecule has 2 N–H and O–H groups in total. The molecule has 0 saturated carbocycles. The van der Waals surface area contributed by atoms with Crippen molar-refractivity contribution < 1.29 is 24.2 Å². The number of methoxy groups -OCH3 is 1. The van der Waals surface area contributed by atoms with E-state index in [9.17, 15) is 14.7 Å². The zero-order valence-corrected chi connectivity index (χ0v) is 14.1. The van der Waals surface area contributed by atoms with Gasteiger partial charge in [0.25, 0.3) is 0 Å². The molecule has 24 heavy (non-hydrogen) atoms. The topological polar surface area (TPSA) is 88.1 Å². The summed E-state index contributed by atoms with van der Waals surface area (Å²) in [5.74, 6) is 0.665. The lowest BCUT2D eigenvalue weighted by molar-refractivity contribution is -0.146. The Bertz CT molecular complexity index is 575. The number of nitrogens with zero attached hydrogens (tertiary/aromatic N) is 1. The summed E-state index contributed by atoms with van der Waals surface area (Å²) in [4.78, 5) is 24.8. The summed E-state index contributed by atoms with van der Waals surface area (Å²) in [5, 5.41) is 12.0. The maximum atomic E-state index is 12.0. The molecule has 0 radical (unpaired) electrons. The number of amides is 2. The highest BCUT2D eigenvalue weighted by atomic mass is 16.5. The largest absolute Gasteiger partial charge is 0.497 e. The maximum absolute atomic E-state index is 12.0. The van der Waals surface area contributed by atoms with Gasteiger partial charge in [-0.25, -0.2) is 4.79 Å². The molecule has 2 rings (SSSR count). The second kappa shape index (κ2) is 7.90. The van der Waals surface area contributed by atoms with Gasteiger partial charge in [-0.05, 0) is 44.0 Å². The van der Waals surface area contributed by atoms with Crippen molar-refractivity contribution in [1.29, 1.82) is 0 Å². The fraction of sp³-hybridized carbons (Fsp3) is 0.529. The van der Waals surface area contributed by atoms with Gasteiger partial charge >= 0.3 is 12.0 Å². The first-order valence-corrected chi connectivity index (χ1v) is 7.98. The third kappa shape index (κ3) is 4.53. The standard InChI is InChI=1S/C17H24N2O5/c1-17(15(20)21)8-10-19(12-17)16(22)18-9-3-11-24-14-6-4-13(23-2)5-7-14/h4-7H,3,8-12H2,1-2H3,(H,18,22)(H,20,21). The van der Waals surface area contributed by atoms with Gasteiger partial charge in [-0.15, -0.1) is 0 Å². The van der Waals surface area contributed by atoms with Crippen LogP contribution in [0.25, 0.3) is 0 Å². The summed E-state index contributed by atoms with van der Waals surface area (Å²) < 4.78 is 10.7. The van der Waals surface area contributed by atoms with Crippen LogP contribution in [0.1, 0.15) is 19.8 Å².